The number of nitrogens with zero attached hydrogens (tertiary/aromatic N) is 1. The van der Waals surface area contributed by atoms with Gasteiger partial charge in [0, 0.05) is 12.6 Å². The smallest absolute Gasteiger partial charge is 0.243 e. The molecule has 21 heavy (non-hydrogen) atoms. The van der Waals surface area contributed by atoms with E-state index in [0.717, 1.165) is 19.5 Å². The zero-order chi connectivity index (χ0) is 15.2. The minimum Gasteiger partial charge on any atom is -0.316 e. The molecule has 2 aliphatic rings. The highest BCUT2D eigenvalue weighted by molar-refractivity contribution is 7.89. The van der Waals surface area contributed by atoms with E-state index in [1.54, 1.807) is 11.2 Å². The second-order valence-electron chi connectivity index (χ2n) is 6.04. The molecule has 3 unspecified atom stereocenters. The fraction of sp³-hybridized carbons (Fsp3) is 0.600. The first-order valence-corrected chi connectivity index (χ1v) is 8.88. The van der Waals surface area contributed by atoms with Gasteiger partial charge in [0.05, 0.1) is 4.90 Å². The van der Waals surface area contributed by atoms with Crippen LogP contribution in [0.3, 0.4) is 0 Å². The number of rotatable bonds is 3. The summed E-state index contributed by atoms with van der Waals surface area (Å²) in [5, 5.41) is 3.35. The molecule has 0 aliphatic carbocycles. The number of benzene rings is 1. The van der Waals surface area contributed by atoms with Crippen molar-refractivity contribution in [3.05, 3.63) is 29.6 Å². The number of hydrogen-bond acceptors (Lipinski definition) is 3. The van der Waals surface area contributed by atoms with Crippen LogP contribution in [0.4, 0.5) is 4.39 Å². The molecular weight excluding hydrogens is 291 g/mol. The lowest BCUT2D eigenvalue weighted by atomic mass is 9.93. The average Bonchev–Trinajstić information content (AvgIpc) is 2.97. The minimum atomic E-state index is -3.55. The Kier molecular flexibility index (Phi) is 3.80. The molecule has 0 saturated carbocycles. The zero-order valence-corrected chi connectivity index (χ0v) is 13.2. The lowest BCUT2D eigenvalue weighted by Crippen LogP contribution is -2.39. The first kappa shape index (κ1) is 14.9. The molecule has 0 radical (unpaired) electrons. The molecule has 116 valence electrons. The second kappa shape index (κ2) is 5.34. The van der Waals surface area contributed by atoms with E-state index in [-0.39, 0.29) is 10.9 Å². The van der Waals surface area contributed by atoms with Crippen molar-refractivity contribution >= 4 is 10.0 Å². The summed E-state index contributed by atoms with van der Waals surface area (Å²) in [5.41, 5.74) is 0.472. The van der Waals surface area contributed by atoms with Crippen molar-refractivity contribution in [1.82, 2.24) is 9.62 Å². The lowest BCUT2D eigenvalue weighted by molar-refractivity contribution is 0.329. The van der Waals surface area contributed by atoms with Crippen molar-refractivity contribution < 1.29 is 12.8 Å². The maximum absolute atomic E-state index is 13.2. The predicted octanol–water partition coefficient (Wildman–Crippen LogP) is 1.75. The molecular formula is C15H21FN2O2S. The zero-order valence-electron chi connectivity index (χ0n) is 12.3. The third kappa shape index (κ3) is 2.39. The van der Waals surface area contributed by atoms with Crippen LogP contribution in [0.5, 0.6) is 0 Å². The van der Waals surface area contributed by atoms with Crippen molar-refractivity contribution in [2.75, 3.05) is 19.6 Å². The summed E-state index contributed by atoms with van der Waals surface area (Å²) in [6, 6.07) is 3.93. The van der Waals surface area contributed by atoms with Crippen LogP contribution in [-0.2, 0) is 10.0 Å². The van der Waals surface area contributed by atoms with Gasteiger partial charge in [0.15, 0.2) is 0 Å². The Morgan fingerprint density at radius 1 is 1.38 bits per heavy atom. The van der Waals surface area contributed by atoms with Gasteiger partial charge >= 0.3 is 0 Å². The van der Waals surface area contributed by atoms with Crippen LogP contribution in [0.1, 0.15) is 18.9 Å². The summed E-state index contributed by atoms with van der Waals surface area (Å²) >= 11 is 0. The van der Waals surface area contributed by atoms with Gasteiger partial charge in [0.25, 0.3) is 0 Å². The van der Waals surface area contributed by atoms with E-state index in [1.807, 2.05) is 6.92 Å². The molecule has 0 bridgehead atoms. The summed E-state index contributed by atoms with van der Waals surface area (Å²) in [7, 11) is -3.55. The van der Waals surface area contributed by atoms with Crippen LogP contribution < -0.4 is 5.32 Å². The van der Waals surface area contributed by atoms with E-state index in [0.29, 0.717) is 23.9 Å². The van der Waals surface area contributed by atoms with Crippen molar-refractivity contribution in [1.29, 1.82) is 0 Å². The molecule has 0 amide bonds. The van der Waals surface area contributed by atoms with Gasteiger partial charge in [-0.25, -0.2) is 12.8 Å². The average molecular weight is 312 g/mol. The maximum atomic E-state index is 13.2. The number of halogens is 1. The second-order valence-corrected chi connectivity index (χ2v) is 7.90. The van der Waals surface area contributed by atoms with Crippen molar-refractivity contribution in [3.8, 4) is 0 Å². The molecule has 6 heteroatoms. The number of hydrogen-bond donors (Lipinski definition) is 1. The van der Waals surface area contributed by atoms with Crippen molar-refractivity contribution in [2.45, 2.75) is 31.2 Å². The third-order valence-electron chi connectivity index (χ3n) is 4.81. The van der Waals surface area contributed by atoms with E-state index in [9.17, 15) is 12.8 Å². The standard InChI is InChI=1S/C15H21FN2O2S/c1-3-14-13-8-17-7-11(13)9-18(14)21(19,20)15-5-4-12(16)6-10(15)2/h4-6,11,13-14,17H,3,7-9H2,1-2H3. The molecule has 2 heterocycles. The number of sulfonamides is 1. The van der Waals surface area contributed by atoms with Crippen LogP contribution in [0.2, 0.25) is 0 Å². The first-order valence-electron chi connectivity index (χ1n) is 7.44. The highest BCUT2D eigenvalue weighted by atomic mass is 32.2. The molecule has 1 aromatic carbocycles. The Hall–Kier alpha value is -0.980. The SMILES string of the molecule is CCC1C2CNCC2CN1S(=O)(=O)c1ccc(F)cc1C. The summed E-state index contributed by atoms with van der Waals surface area (Å²) in [6.45, 7) is 6.02. The van der Waals surface area contributed by atoms with Crippen LogP contribution in [-0.4, -0.2) is 38.4 Å². The molecule has 0 aromatic heterocycles. The maximum Gasteiger partial charge on any atom is 0.243 e. The number of nitrogens with one attached hydrogen (secondary N) is 1. The van der Waals surface area contributed by atoms with E-state index < -0.39 is 15.8 Å². The Morgan fingerprint density at radius 2 is 2.14 bits per heavy atom. The van der Waals surface area contributed by atoms with Crippen LogP contribution in [0.25, 0.3) is 0 Å². The minimum absolute atomic E-state index is 0.0412. The van der Waals surface area contributed by atoms with Gasteiger partial charge in [-0.05, 0) is 62.0 Å². The molecule has 2 fully saturated rings. The number of aryl methyl sites for hydroxylation is 1. The van der Waals surface area contributed by atoms with Crippen molar-refractivity contribution in [3.63, 3.8) is 0 Å². The van der Waals surface area contributed by atoms with Crippen LogP contribution >= 0.6 is 0 Å². The fourth-order valence-corrected chi connectivity index (χ4v) is 5.80. The van der Waals surface area contributed by atoms with Crippen LogP contribution in [0, 0.1) is 24.6 Å². The Balaban J connectivity index is 1.98. The third-order valence-corrected chi connectivity index (χ3v) is 6.86. The highest BCUT2D eigenvalue weighted by Crippen LogP contribution is 2.38. The number of fused-ring (bicyclic) bond motifs is 1. The quantitative estimate of drug-likeness (QED) is 0.925. The van der Waals surface area contributed by atoms with Gasteiger partial charge in [-0.15, -0.1) is 0 Å². The Bertz CT molecular complexity index is 647. The van der Waals surface area contributed by atoms with Gasteiger partial charge < -0.3 is 5.32 Å². The molecule has 2 aliphatic heterocycles. The Labute approximate surface area is 125 Å². The van der Waals surface area contributed by atoms with Gasteiger partial charge in [-0.3, -0.25) is 0 Å². The largest absolute Gasteiger partial charge is 0.316 e. The van der Waals surface area contributed by atoms with Crippen molar-refractivity contribution in [2.24, 2.45) is 11.8 Å². The monoisotopic (exact) mass is 312 g/mol. The topological polar surface area (TPSA) is 49.4 Å². The highest BCUT2D eigenvalue weighted by Gasteiger charge is 2.48. The Morgan fingerprint density at radius 3 is 2.81 bits per heavy atom. The molecule has 0 spiro atoms. The lowest BCUT2D eigenvalue weighted by Gasteiger charge is -2.26. The summed E-state index contributed by atoms with van der Waals surface area (Å²) < 4.78 is 40.8. The molecule has 2 saturated heterocycles. The normalized spacial score (nSPS) is 29.8. The van der Waals surface area contributed by atoms with E-state index in [4.69, 9.17) is 0 Å². The summed E-state index contributed by atoms with van der Waals surface area (Å²) in [6.07, 6.45) is 0.808. The van der Waals surface area contributed by atoms with E-state index in [1.165, 1.54) is 18.2 Å². The molecule has 4 nitrogen and oxygen atoms in total. The molecule has 1 N–H and O–H groups in total. The van der Waals surface area contributed by atoms with Gasteiger partial charge in [-0.1, -0.05) is 6.92 Å². The fourth-order valence-electron chi connectivity index (χ4n) is 3.79. The first-order chi connectivity index (χ1) is 9.95. The van der Waals surface area contributed by atoms with E-state index >= 15 is 0 Å². The van der Waals surface area contributed by atoms with Crippen LogP contribution in [0.15, 0.2) is 23.1 Å². The van der Waals surface area contributed by atoms with Gasteiger partial charge in [0.1, 0.15) is 5.82 Å². The molecule has 3 atom stereocenters. The molecule has 1 aromatic rings. The summed E-state index contributed by atoms with van der Waals surface area (Å²) in [5.74, 6) is 0.386. The van der Waals surface area contributed by atoms with E-state index in [2.05, 4.69) is 5.32 Å². The summed E-state index contributed by atoms with van der Waals surface area (Å²) in [4.78, 5) is 0.232. The predicted molar refractivity (Wildman–Crippen MR) is 79.0 cm³/mol. The molecule has 3 rings (SSSR count). The van der Waals surface area contributed by atoms with Gasteiger partial charge in [0.2, 0.25) is 10.0 Å². The van der Waals surface area contributed by atoms with Gasteiger partial charge in [-0.2, -0.15) is 4.31 Å².